The van der Waals surface area contributed by atoms with Gasteiger partial charge in [0.25, 0.3) is 0 Å². The SMILES string of the molecule is CN1CCC(c2nc3n(n2)C(N)CCC3)C1. The number of rotatable bonds is 1. The Balaban J connectivity index is 1.86. The molecule has 1 aromatic heterocycles. The lowest BCUT2D eigenvalue weighted by Gasteiger charge is -2.18. The quantitative estimate of drug-likeness (QED) is 0.750. The summed E-state index contributed by atoms with van der Waals surface area (Å²) in [5.74, 6) is 2.61. The molecule has 5 nitrogen and oxygen atoms in total. The third kappa shape index (κ3) is 1.64. The second-order valence-corrected chi connectivity index (χ2v) is 5.04. The molecule has 2 unspecified atom stereocenters. The minimum atomic E-state index is 0.0455. The van der Waals surface area contributed by atoms with Crippen molar-refractivity contribution in [3.05, 3.63) is 11.6 Å². The summed E-state index contributed by atoms with van der Waals surface area (Å²) in [6.07, 6.45) is 4.42. The van der Waals surface area contributed by atoms with E-state index in [4.69, 9.17) is 5.73 Å². The van der Waals surface area contributed by atoms with Gasteiger partial charge in [0.15, 0.2) is 5.82 Å². The molecule has 1 fully saturated rings. The lowest BCUT2D eigenvalue weighted by molar-refractivity contribution is 0.369. The first-order valence-corrected chi connectivity index (χ1v) is 6.13. The number of aryl methyl sites for hydroxylation is 1. The van der Waals surface area contributed by atoms with Crippen molar-refractivity contribution in [2.45, 2.75) is 37.8 Å². The first kappa shape index (κ1) is 10.2. The van der Waals surface area contributed by atoms with Gasteiger partial charge in [0.05, 0.1) is 0 Å². The van der Waals surface area contributed by atoms with E-state index in [0.717, 1.165) is 44.0 Å². The van der Waals surface area contributed by atoms with Crippen molar-refractivity contribution in [3.8, 4) is 0 Å². The number of fused-ring (bicyclic) bond motifs is 1. The van der Waals surface area contributed by atoms with Crippen LogP contribution in [-0.4, -0.2) is 39.8 Å². The Hall–Kier alpha value is -0.940. The first-order valence-electron chi connectivity index (χ1n) is 6.13. The molecule has 3 rings (SSSR count). The normalized spacial score (nSPS) is 30.6. The Labute approximate surface area is 95.6 Å². The van der Waals surface area contributed by atoms with Gasteiger partial charge in [-0.2, -0.15) is 5.10 Å². The topological polar surface area (TPSA) is 60.0 Å². The summed E-state index contributed by atoms with van der Waals surface area (Å²) in [4.78, 5) is 7.00. The van der Waals surface area contributed by atoms with Gasteiger partial charge in [0, 0.05) is 18.9 Å². The van der Waals surface area contributed by atoms with Crippen LogP contribution in [0.25, 0.3) is 0 Å². The van der Waals surface area contributed by atoms with E-state index in [0.29, 0.717) is 5.92 Å². The van der Waals surface area contributed by atoms with Crippen molar-refractivity contribution < 1.29 is 0 Å². The molecule has 2 aliphatic rings. The van der Waals surface area contributed by atoms with Gasteiger partial charge in [0.2, 0.25) is 0 Å². The maximum atomic E-state index is 6.04. The number of likely N-dealkylation sites (N-methyl/N-ethyl adjacent to an activating group) is 1. The second kappa shape index (κ2) is 3.82. The monoisotopic (exact) mass is 221 g/mol. The Morgan fingerprint density at radius 2 is 2.25 bits per heavy atom. The van der Waals surface area contributed by atoms with E-state index >= 15 is 0 Å². The van der Waals surface area contributed by atoms with Gasteiger partial charge in [-0.05, 0) is 32.9 Å². The fraction of sp³-hybridized carbons (Fsp3) is 0.818. The minimum absolute atomic E-state index is 0.0455. The van der Waals surface area contributed by atoms with E-state index < -0.39 is 0 Å². The second-order valence-electron chi connectivity index (χ2n) is 5.04. The highest BCUT2D eigenvalue weighted by atomic mass is 15.4. The molecule has 3 heterocycles. The predicted molar refractivity (Wildman–Crippen MR) is 61.0 cm³/mol. The van der Waals surface area contributed by atoms with Crippen LogP contribution < -0.4 is 5.73 Å². The molecule has 0 aromatic carbocycles. The zero-order valence-electron chi connectivity index (χ0n) is 9.76. The number of likely N-dealkylation sites (tertiary alicyclic amines) is 1. The Kier molecular flexibility index (Phi) is 2.44. The van der Waals surface area contributed by atoms with Gasteiger partial charge in [-0.25, -0.2) is 9.67 Å². The highest BCUT2D eigenvalue weighted by Gasteiger charge is 2.27. The van der Waals surface area contributed by atoms with E-state index in [1.807, 2.05) is 4.68 Å². The molecule has 0 saturated carbocycles. The van der Waals surface area contributed by atoms with Crippen LogP contribution >= 0.6 is 0 Å². The molecule has 1 aromatic rings. The number of nitrogens with two attached hydrogens (primary N) is 1. The summed E-state index contributed by atoms with van der Waals surface area (Å²) in [6, 6.07) is 0. The third-order valence-corrected chi connectivity index (χ3v) is 3.69. The lowest BCUT2D eigenvalue weighted by atomic mass is 10.1. The average Bonchev–Trinajstić information content (AvgIpc) is 2.84. The van der Waals surface area contributed by atoms with E-state index in [1.165, 1.54) is 6.42 Å². The lowest BCUT2D eigenvalue weighted by Crippen LogP contribution is -2.26. The minimum Gasteiger partial charge on any atom is -0.310 e. The zero-order chi connectivity index (χ0) is 11.1. The molecular formula is C11H19N5. The number of hydrogen-bond acceptors (Lipinski definition) is 4. The van der Waals surface area contributed by atoms with E-state index in [2.05, 4.69) is 22.0 Å². The molecule has 0 amide bonds. The number of hydrogen-bond donors (Lipinski definition) is 1. The molecule has 1 saturated heterocycles. The van der Waals surface area contributed by atoms with Crippen LogP contribution in [0.15, 0.2) is 0 Å². The summed E-state index contributed by atoms with van der Waals surface area (Å²) in [5.41, 5.74) is 6.04. The summed E-state index contributed by atoms with van der Waals surface area (Å²) < 4.78 is 1.94. The third-order valence-electron chi connectivity index (χ3n) is 3.69. The van der Waals surface area contributed by atoms with Gasteiger partial charge < -0.3 is 10.6 Å². The average molecular weight is 221 g/mol. The molecule has 2 aliphatic heterocycles. The van der Waals surface area contributed by atoms with Crippen molar-refractivity contribution in [2.75, 3.05) is 20.1 Å². The van der Waals surface area contributed by atoms with Crippen LogP contribution in [0.4, 0.5) is 0 Å². The van der Waals surface area contributed by atoms with Crippen molar-refractivity contribution in [2.24, 2.45) is 5.73 Å². The molecule has 2 N–H and O–H groups in total. The molecule has 5 heteroatoms. The molecule has 0 radical (unpaired) electrons. The molecule has 88 valence electrons. The van der Waals surface area contributed by atoms with E-state index in [-0.39, 0.29) is 6.17 Å². The fourth-order valence-corrected chi connectivity index (χ4v) is 2.72. The summed E-state index contributed by atoms with van der Waals surface area (Å²) >= 11 is 0. The van der Waals surface area contributed by atoms with Crippen LogP contribution in [0.3, 0.4) is 0 Å². The van der Waals surface area contributed by atoms with Crippen LogP contribution in [0.5, 0.6) is 0 Å². The van der Waals surface area contributed by atoms with Crippen LogP contribution in [-0.2, 0) is 6.42 Å². The highest BCUT2D eigenvalue weighted by molar-refractivity contribution is 5.05. The van der Waals surface area contributed by atoms with Crippen molar-refractivity contribution in [1.29, 1.82) is 0 Å². The van der Waals surface area contributed by atoms with Crippen LogP contribution in [0.1, 0.15) is 43.0 Å². The van der Waals surface area contributed by atoms with Crippen LogP contribution in [0, 0.1) is 0 Å². The van der Waals surface area contributed by atoms with Gasteiger partial charge in [-0.3, -0.25) is 0 Å². The Morgan fingerprint density at radius 3 is 2.94 bits per heavy atom. The molecular weight excluding hydrogens is 202 g/mol. The number of aromatic nitrogens is 3. The van der Waals surface area contributed by atoms with E-state index in [1.54, 1.807) is 0 Å². The van der Waals surface area contributed by atoms with Crippen molar-refractivity contribution >= 4 is 0 Å². The number of nitrogens with zero attached hydrogens (tertiary/aromatic N) is 4. The molecule has 0 aliphatic carbocycles. The molecule has 2 atom stereocenters. The molecule has 0 spiro atoms. The van der Waals surface area contributed by atoms with Crippen LogP contribution in [0.2, 0.25) is 0 Å². The zero-order valence-corrected chi connectivity index (χ0v) is 9.76. The Bertz CT molecular complexity index is 386. The molecule has 16 heavy (non-hydrogen) atoms. The Morgan fingerprint density at radius 1 is 1.38 bits per heavy atom. The summed E-state index contributed by atoms with van der Waals surface area (Å²) in [7, 11) is 2.15. The standard InChI is InChI=1S/C11H19N5/c1-15-6-5-8(7-15)11-13-10-4-2-3-9(12)16(10)14-11/h8-9H,2-7,12H2,1H3. The van der Waals surface area contributed by atoms with Gasteiger partial charge in [-0.15, -0.1) is 0 Å². The first-order chi connectivity index (χ1) is 7.74. The highest BCUT2D eigenvalue weighted by Crippen LogP contribution is 2.26. The maximum Gasteiger partial charge on any atom is 0.155 e. The largest absolute Gasteiger partial charge is 0.310 e. The maximum absolute atomic E-state index is 6.04. The van der Waals surface area contributed by atoms with Gasteiger partial charge >= 0.3 is 0 Å². The fourth-order valence-electron chi connectivity index (χ4n) is 2.72. The van der Waals surface area contributed by atoms with Gasteiger partial charge in [0.1, 0.15) is 12.0 Å². The summed E-state index contributed by atoms with van der Waals surface area (Å²) in [5, 5.41) is 4.60. The van der Waals surface area contributed by atoms with Crippen molar-refractivity contribution in [3.63, 3.8) is 0 Å². The van der Waals surface area contributed by atoms with E-state index in [9.17, 15) is 0 Å². The molecule has 0 bridgehead atoms. The van der Waals surface area contributed by atoms with Gasteiger partial charge in [-0.1, -0.05) is 0 Å². The predicted octanol–water partition coefficient (Wildman–Crippen LogP) is 0.491. The van der Waals surface area contributed by atoms with Crippen molar-refractivity contribution in [1.82, 2.24) is 19.7 Å². The smallest absolute Gasteiger partial charge is 0.155 e. The summed E-state index contributed by atoms with van der Waals surface area (Å²) in [6.45, 7) is 2.24.